The van der Waals surface area contributed by atoms with Crippen LogP contribution in [-0.4, -0.2) is 33.4 Å². The summed E-state index contributed by atoms with van der Waals surface area (Å²) in [5.74, 6) is 0.598. The zero-order chi connectivity index (χ0) is 13.4. The maximum Gasteiger partial charge on any atom is 0.322 e. The average Bonchev–Trinajstić information content (AvgIpc) is 2.33. The number of ether oxygens (including phenoxy) is 1. The summed E-state index contributed by atoms with van der Waals surface area (Å²) < 4.78 is 5.48. The van der Waals surface area contributed by atoms with Gasteiger partial charge in [-0.15, -0.1) is 0 Å². The van der Waals surface area contributed by atoms with Crippen molar-refractivity contribution in [1.29, 1.82) is 0 Å². The number of hydrogen-bond donors (Lipinski definition) is 1. The number of nitrogens with zero attached hydrogens (tertiary/aromatic N) is 3. The van der Waals surface area contributed by atoms with Gasteiger partial charge in [-0.3, -0.25) is 0 Å². The Hall–Kier alpha value is -1.04. The fourth-order valence-electron chi connectivity index (χ4n) is 1.18. The van der Waals surface area contributed by atoms with Gasteiger partial charge in [-0.2, -0.15) is 15.0 Å². The lowest BCUT2D eigenvalue weighted by molar-refractivity contribution is 0.288. The molecular formula is C12H22N4OS. The van der Waals surface area contributed by atoms with E-state index >= 15 is 0 Å². The maximum absolute atomic E-state index is 5.48. The molecule has 0 radical (unpaired) electrons. The lowest BCUT2D eigenvalue weighted by Crippen LogP contribution is -2.09. The van der Waals surface area contributed by atoms with Gasteiger partial charge in [0, 0.05) is 11.8 Å². The molecule has 102 valence electrons. The molecule has 1 aromatic heterocycles. The average molecular weight is 270 g/mol. The van der Waals surface area contributed by atoms with Crippen LogP contribution in [0.15, 0.2) is 5.16 Å². The van der Waals surface area contributed by atoms with Gasteiger partial charge in [-0.05, 0) is 12.8 Å². The van der Waals surface area contributed by atoms with Crippen LogP contribution in [0.25, 0.3) is 0 Å². The molecule has 0 unspecified atom stereocenters. The van der Waals surface area contributed by atoms with Crippen LogP contribution in [0.4, 0.5) is 5.95 Å². The summed E-state index contributed by atoms with van der Waals surface area (Å²) in [7, 11) is 0. The Labute approximate surface area is 113 Å². The van der Waals surface area contributed by atoms with Crippen LogP contribution in [0.3, 0.4) is 0 Å². The molecule has 1 aromatic rings. The van der Waals surface area contributed by atoms with Gasteiger partial charge in [-0.25, -0.2) is 0 Å². The van der Waals surface area contributed by atoms with Gasteiger partial charge in [-0.1, -0.05) is 39.5 Å². The number of anilines is 1. The van der Waals surface area contributed by atoms with Gasteiger partial charge in [0.05, 0.1) is 6.61 Å². The minimum Gasteiger partial charge on any atom is -0.463 e. The quantitative estimate of drug-likeness (QED) is 0.733. The highest BCUT2D eigenvalue weighted by atomic mass is 32.2. The monoisotopic (exact) mass is 270 g/mol. The molecule has 0 aliphatic heterocycles. The second-order valence-electron chi connectivity index (χ2n) is 4.17. The van der Waals surface area contributed by atoms with Crippen molar-refractivity contribution in [2.75, 3.05) is 18.5 Å². The highest BCUT2D eigenvalue weighted by Crippen LogP contribution is 2.21. The molecule has 0 aromatic carbocycles. The second-order valence-corrected chi connectivity index (χ2v) is 5.71. The zero-order valence-electron chi connectivity index (χ0n) is 11.6. The van der Waals surface area contributed by atoms with Crippen molar-refractivity contribution >= 4 is 17.7 Å². The zero-order valence-corrected chi connectivity index (χ0v) is 12.4. The highest BCUT2D eigenvalue weighted by molar-refractivity contribution is 7.99. The molecule has 0 saturated heterocycles. The van der Waals surface area contributed by atoms with Crippen molar-refractivity contribution in [3.63, 3.8) is 0 Å². The molecule has 18 heavy (non-hydrogen) atoms. The first-order valence-electron chi connectivity index (χ1n) is 6.45. The Balaban J connectivity index is 2.81. The molecule has 1 rings (SSSR count). The van der Waals surface area contributed by atoms with Gasteiger partial charge in [0.15, 0.2) is 5.16 Å². The predicted octanol–water partition coefficient (Wildman–Crippen LogP) is 2.98. The van der Waals surface area contributed by atoms with Crippen molar-refractivity contribution in [2.45, 2.75) is 50.9 Å². The highest BCUT2D eigenvalue weighted by Gasteiger charge is 2.09. The maximum atomic E-state index is 5.48. The third kappa shape index (κ3) is 5.53. The number of hydrogen-bond acceptors (Lipinski definition) is 6. The van der Waals surface area contributed by atoms with Crippen LogP contribution in [0, 0.1) is 0 Å². The van der Waals surface area contributed by atoms with E-state index in [0.717, 1.165) is 19.4 Å². The molecule has 0 bridgehead atoms. The number of aromatic nitrogens is 3. The van der Waals surface area contributed by atoms with Crippen molar-refractivity contribution in [3.05, 3.63) is 0 Å². The lowest BCUT2D eigenvalue weighted by atomic mass is 10.5. The molecule has 1 N–H and O–H groups in total. The minimum absolute atomic E-state index is 0.411. The molecule has 0 amide bonds. The summed E-state index contributed by atoms with van der Waals surface area (Å²) >= 11 is 1.61. The first-order chi connectivity index (χ1) is 8.65. The molecule has 6 heteroatoms. The largest absolute Gasteiger partial charge is 0.463 e. The minimum atomic E-state index is 0.411. The molecule has 0 aliphatic carbocycles. The summed E-state index contributed by atoms with van der Waals surface area (Å²) in [6, 6.07) is 0.411. The van der Waals surface area contributed by atoms with E-state index in [9.17, 15) is 0 Å². The van der Waals surface area contributed by atoms with E-state index in [2.05, 4.69) is 48.0 Å². The van der Waals surface area contributed by atoms with Gasteiger partial charge < -0.3 is 10.1 Å². The second kappa shape index (κ2) is 8.13. The molecule has 5 nitrogen and oxygen atoms in total. The van der Waals surface area contributed by atoms with Crippen LogP contribution in [0.2, 0.25) is 0 Å². The summed E-state index contributed by atoms with van der Waals surface area (Å²) in [6.07, 6.45) is 1.97. The van der Waals surface area contributed by atoms with E-state index in [4.69, 9.17) is 4.74 Å². The summed E-state index contributed by atoms with van der Waals surface area (Å²) in [4.78, 5) is 12.9. The molecule has 0 fully saturated rings. The molecular weight excluding hydrogens is 248 g/mol. The standard InChI is InChI=1S/C12H22N4OS/c1-5-7-13-10-14-11(17-8-6-2)16-12(15-10)18-9(3)4/h9H,5-8H2,1-4H3,(H,13,14,15,16). The van der Waals surface area contributed by atoms with Crippen LogP contribution in [0.1, 0.15) is 40.5 Å². The van der Waals surface area contributed by atoms with E-state index in [1.807, 2.05) is 0 Å². The summed E-state index contributed by atoms with van der Waals surface area (Å²) in [6.45, 7) is 9.86. The van der Waals surface area contributed by atoms with E-state index in [-0.39, 0.29) is 0 Å². The molecule has 0 saturated carbocycles. The lowest BCUT2D eigenvalue weighted by Gasteiger charge is -2.09. The number of thioether (sulfide) groups is 1. The Bertz CT molecular complexity index is 334. The van der Waals surface area contributed by atoms with E-state index < -0.39 is 0 Å². The van der Waals surface area contributed by atoms with Crippen LogP contribution < -0.4 is 10.1 Å². The predicted molar refractivity (Wildman–Crippen MR) is 75.4 cm³/mol. The Morgan fingerprint density at radius 2 is 1.94 bits per heavy atom. The van der Waals surface area contributed by atoms with Crippen molar-refractivity contribution in [3.8, 4) is 6.01 Å². The fraction of sp³-hybridized carbons (Fsp3) is 0.750. The van der Waals surface area contributed by atoms with Crippen molar-refractivity contribution in [2.24, 2.45) is 0 Å². The molecule has 1 heterocycles. The first-order valence-corrected chi connectivity index (χ1v) is 7.33. The Morgan fingerprint density at radius 3 is 2.56 bits per heavy atom. The van der Waals surface area contributed by atoms with Crippen LogP contribution in [-0.2, 0) is 0 Å². The van der Waals surface area contributed by atoms with E-state index in [1.165, 1.54) is 0 Å². The van der Waals surface area contributed by atoms with Crippen molar-refractivity contribution in [1.82, 2.24) is 15.0 Å². The van der Waals surface area contributed by atoms with E-state index in [0.29, 0.717) is 29.0 Å². The summed E-state index contributed by atoms with van der Waals surface area (Å²) in [5, 5.41) is 4.32. The smallest absolute Gasteiger partial charge is 0.322 e. The van der Waals surface area contributed by atoms with Gasteiger partial charge in [0.25, 0.3) is 0 Å². The molecule has 0 aliphatic rings. The molecule has 0 atom stereocenters. The number of rotatable bonds is 8. The van der Waals surface area contributed by atoms with Crippen LogP contribution >= 0.6 is 11.8 Å². The van der Waals surface area contributed by atoms with Gasteiger partial charge >= 0.3 is 6.01 Å². The normalized spacial score (nSPS) is 10.7. The first kappa shape index (κ1) is 15.0. The Kier molecular flexibility index (Phi) is 6.78. The third-order valence-electron chi connectivity index (χ3n) is 1.90. The fourth-order valence-corrected chi connectivity index (χ4v) is 1.87. The van der Waals surface area contributed by atoms with Gasteiger partial charge in [0.1, 0.15) is 0 Å². The summed E-state index contributed by atoms with van der Waals surface area (Å²) in [5.41, 5.74) is 0. The Morgan fingerprint density at radius 1 is 1.17 bits per heavy atom. The van der Waals surface area contributed by atoms with E-state index in [1.54, 1.807) is 11.8 Å². The molecule has 0 spiro atoms. The van der Waals surface area contributed by atoms with Gasteiger partial charge in [0.2, 0.25) is 5.95 Å². The number of nitrogens with one attached hydrogen (secondary N) is 1. The van der Waals surface area contributed by atoms with Crippen molar-refractivity contribution < 1.29 is 4.74 Å². The van der Waals surface area contributed by atoms with Crippen LogP contribution in [0.5, 0.6) is 6.01 Å². The topological polar surface area (TPSA) is 59.9 Å². The SMILES string of the molecule is CCCNc1nc(OCCC)nc(SC(C)C)n1. The third-order valence-corrected chi connectivity index (χ3v) is 2.77.